The number of unbranched alkanes of at least 4 members (excludes halogenated alkanes) is 1. The molecule has 0 saturated heterocycles. The van der Waals surface area contributed by atoms with Crippen molar-refractivity contribution in [3.05, 3.63) is 31.2 Å². The lowest BCUT2D eigenvalue weighted by Crippen LogP contribution is -2.00. The van der Waals surface area contributed by atoms with Crippen molar-refractivity contribution in [2.24, 2.45) is 0 Å². The second-order valence-electron chi connectivity index (χ2n) is 2.50. The average Bonchev–Trinajstić information content (AvgIpc) is 2.04. The molecule has 2 nitrogen and oxygen atoms in total. The van der Waals surface area contributed by atoms with Crippen LogP contribution in [0, 0.1) is 6.92 Å². The zero-order valence-electron chi connectivity index (χ0n) is 7.25. The molecule has 0 amide bonds. The van der Waals surface area contributed by atoms with Crippen molar-refractivity contribution in [1.82, 2.24) is 0 Å². The SMILES string of the molecule is [CH2]CCC=C(CCC=C)C(=O)O. The Bertz CT molecular complexity index is 180. The van der Waals surface area contributed by atoms with Gasteiger partial charge in [-0.3, -0.25) is 0 Å². The molecule has 0 spiro atoms. The first-order valence-electron chi connectivity index (χ1n) is 4.04. The van der Waals surface area contributed by atoms with Crippen molar-refractivity contribution >= 4 is 5.97 Å². The third kappa shape index (κ3) is 4.72. The van der Waals surface area contributed by atoms with Crippen molar-refractivity contribution in [3.8, 4) is 0 Å². The Morgan fingerprint density at radius 3 is 2.50 bits per heavy atom. The van der Waals surface area contributed by atoms with E-state index in [-0.39, 0.29) is 0 Å². The predicted octanol–water partition coefficient (Wildman–Crippen LogP) is 2.58. The molecule has 2 heteroatoms. The van der Waals surface area contributed by atoms with Gasteiger partial charge < -0.3 is 5.11 Å². The molecular formula is C10H15O2. The Labute approximate surface area is 73.6 Å². The summed E-state index contributed by atoms with van der Waals surface area (Å²) in [5.74, 6) is -0.828. The molecule has 0 heterocycles. The minimum atomic E-state index is -0.828. The molecule has 0 aliphatic carbocycles. The fraction of sp³-hybridized carbons (Fsp3) is 0.400. The fourth-order valence-electron chi connectivity index (χ4n) is 0.830. The third-order valence-electron chi connectivity index (χ3n) is 1.49. The molecule has 0 fully saturated rings. The molecule has 0 bridgehead atoms. The number of rotatable bonds is 6. The van der Waals surface area contributed by atoms with Gasteiger partial charge in [0.1, 0.15) is 0 Å². The Hall–Kier alpha value is -1.05. The average molecular weight is 167 g/mol. The highest BCUT2D eigenvalue weighted by atomic mass is 16.4. The van der Waals surface area contributed by atoms with Crippen LogP contribution in [0.3, 0.4) is 0 Å². The number of hydrogen-bond donors (Lipinski definition) is 1. The summed E-state index contributed by atoms with van der Waals surface area (Å²) in [6, 6.07) is 0. The van der Waals surface area contributed by atoms with Crippen LogP contribution in [0.4, 0.5) is 0 Å². The Morgan fingerprint density at radius 1 is 1.42 bits per heavy atom. The van der Waals surface area contributed by atoms with Gasteiger partial charge in [-0.05, 0) is 25.7 Å². The number of hydrogen-bond acceptors (Lipinski definition) is 1. The molecule has 1 radical (unpaired) electrons. The first kappa shape index (κ1) is 11.0. The number of aliphatic carboxylic acids is 1. The molecule has 0 atom stereocenters. The number of carbonyl (C=O) groups is 1. The maximum absolute atomic E-state index is 10.6. The van der Waals surface area contributed by atoms with Crippen molar-refractivity contribution in [1.29, 1.82) is 0 Å². The van der Waals surface area contributed by atoms with Crippen molar-refractivity contribution in [2.45, 2.75) is 25.7 Å². The van der Waals surface area contributed by atoms with Crippen LogP contribution >= 0.6 is 0 Å². The largest absolute Gasteiger partial charge is 0.478 e. The minimum absolute atomic E-state index is 0.471. The zero-order chi connectivity index (χ0) is 9.40. The summed E-state index contributed by atoms with van der Waals surface area (Å²) in [5.41, 5.74) is 0.471. The number of carboxylic acids is 1. The molecule has 0 aromatic rings. The van der Waals surface area contributed by atoms with Gasteiger partial charge >= 0.3 is 5.97 Å². The first-order chi connectivity index (χ1) is 5.72. The van der Waals surface area contributed by atoms with Crippen LogP contribution in [0.5, 0.6) is 0 Å². The summed E-state index contributed by atoms with van der Waals surface area (Å²) in [5, 5.41) is 8.70. The van der Waals surface area contributed by atoms with Crippen LogP contribution in [0.25, 0.3) is 0 Å². The van der Waals surface area contributed by atoms with Crippen LogP contribution in [0.2, 0.25) is 0 Å². The van der Waals surface area contributed by atoms with Gasteiger partial charge in [0.05, 0.1) is 0 Å². The maximum atomic E-state index is 10.6. The summed E-state index contributed by atoms with van der Waals surface area (Å²) in [4.78, 5) is 10.6. The maximum Gasteiger partial charge on any atom is 0.331 e. The highest BCUT2D eigenvalue weighted by Gasteiger charge is 2.04. The second-order valence-corrected chi connectivity index (χ2v) is 2.50. The van der Waals surface area contributed by atoms with Gasteiger partial charge in [-0.15, -0.1) is 6.58 Å². The summed E-state index contributed by atoms with van der Waals surface area (Å²) in [6.07, 6.45) is 6.22. The summed E-state index contributed by atoms with van der Waals surface area (Å²) >= 11 is 0. The standard InChI is InChI=1S/C10H15O2/c1-3-5-7-9(10(11)12)8-6-4-2/h3,8H,1-2,4-7H2,(H,11,12). The van der Waals surface area contributed by atoms with Crippen LogP contribution in [-0.4, -0.2) is 11.1 Å². The molecule has 1 N–H and O–H groups in total. The van der Waals surface area contributed by atoms with Gasteiger partial charge in [0, 0.05) is 5.57 Å². The highest BCUT2D eigenvalue weighted by Crippen LogP contribution is 2.07. The Morgan fingerprint density at radius 2 is 2.08 bits per heavy atom. The molecule has 0 aromatic heterocycles. The van der Waals surface area contributed by atoms with E-state index < -0.39 is 5.97 Å². The van der Waals surface area contributed by atoms with Crippen LogP contribution in [0.15, 0.2) is 24.3 Å². The lowest BCUT2D eigenvalue weighted by molar-refractivity contribution is -0.132. The van der Waals surface area contributed by atoms with E-state index in [1.165, 1.54) is 0 Å². The molecule has 0 rings (SSSR count). The van der Waals surface area contributed by atoms with Gasteiger partial charge in [-0.1, -0.05) is 19.1 Å². The number of allylic oxidation sites excluding steroid dienone is 2. The third-order valence-corrected chi connectivity index (χ3v) is 1.49. The van der Waals surface area contributed by atoms with E-state index >= 15 is 0 Å². The molecular weight excluding hydrogens is 152 g/mol. The van der Waals surface area contributed by atoms with Gasteiger partial charge in [0.2, 0.25) is 0 Å². The van der Waals surface area contributed by atoms with Gasteiger partial charge in [0.25, 0.3) is 0 Å². The van der Waals surface area contributed by atoms with E-state index in [0.29, 0.717) is 12.0 Å². The minimum Gasteiger partial charge on any atom is -0.478 e. The van der Waals surface area contributed by atoms with E-state index in [2.05, 4.69) is 13.5 Å². The van der Waals surface area contributed by atoms with E-state index in [0.717, 1.165) is 19.3 Å². The monoisotopic (exact) mass is 167 g/mol. The van der Waals surface area contributed by atoms with E-state index in [4.69, 9.17) is 5.11 Å². The molecule has 0 unspecified atom stereocenters. The zero-order valence-corrected chi connectivity index (χ0v) is 7.25. The quantitative estimate of drug-likeness (QED) is 0.487. The highest BCUT2D eigenvalue weighted by molar-refractivity contribution is 5.86. The Kier molecular flexibility index (Phi) is 6.07. The van der Waals surface area contributed by atoms with E-state index in [1.807, 2.05) is 0 Å². The Balaban J connectivity index is 4.02. The second kappa shape index (κ2) is 6.65. The molecule has 0 aliphatic heterocycles. The van der Waals surface area contributed by atoms with Crippen molar-refractivity contribution < 1.29 is 9.90 Å². The van der Waals surface area contributed by atoms with Crippen molar-refractivity contribution in [2.75, 3.05) is 0 Å². The number of carboxylic acid groups (broad SMARTS) is 1. The predicted molar refractivity (Wildman–Crippen MR) is 49.7 cm³/mol. The molecule has 0 aromatic carbocycles. The van der Waals surface area contributed by atoms with Gasteiger partial charge in [0.15, 0.2) is 0 Å². The van der Waals surface area contributed by atoms with E-state index in [9.17, 15) is 4.79 Å². The molecule has 12 heavy (non-hydrogen) atoms. The normalized spacial score (nSPS) is 11.2. The lowest BCUT2D eigenvalue weighted by Gasteiger charge is -1.98. The first-order valence-corrected chi connectivity index (χ1v) is 4.04. The summed E-state index contributed by atoms with van der Waals surface area (Å²) in [6.45, 7) is 7.18. The molecule has 0 saturated carbocycles. The summed E-state index contributed by atoms with van der Waals surface area (Å²) < 4.78 is 0. The fourth-order valence-corrected chi connectivity index (χ4v) is 0.830. The van der Waals surface area contributed by atoms with Crippen LogP contribution in [0.1, 0.15) is 25.7 Å². The molecule has 67 valence electrons. The van der Waals surface area contributed by atoms with Gasteiger partial charge in [-0.25, -0.2) is 4.79 Å². The lowest BCUT2D eigenvalue weighted by atomic mass is 10.1. The topological polar surface area (TPSA) is 37.3 Å². The van der Waals surface area contributed by atoms with Crippen LogP contribution in [-0.2, 0) is 4.79 Å². The van der Waals surface area contributed by atoms with Crippen LogP contribution < -0.4 is 0 Å². The van der Waals surface area contributed by atoms with Gasteiger partial charge in [-0.2, -0.15) is 0 Å². The smallest absolute Gasteiger partial charge is 0.331 e. The van der Waals surface area contributed by atoms with E-state index in [1.54, 1.807) is 12.2 Å². The van der Waals surface area contributed by atoms with Crippen molar-refractivity contribution in [3.63, 3.8) is 0 Å². The molecule has 0 aliphatic rings. The summed E-state index contributed by atoms with van der Waals surface area (Å²) in [7, 11) is 0.